The smallest absolute Gasteiger partial charge is 0.269 e. The van der Waals surface area contributed by atoms with Gasteiger partial charge in [0.25, 0.3) is 5.69 Å². The molecule has 1 aromatic carbocycles. The van der Waals surface area contributed by atoms with E-state index in [9.17, 15) is 20.0 Å². The van der Waals surface area contributed by atoms with Crippen LogP contribution in [0.4, 0.5) is 11.4 Å². The Bertz CT molecular complexity index is 539. The summed E-state index contributed by atoms with van der Waals surface area (Å²) in [5.41, 5.74) is 6.56. The largest absolute Gasteiger partial charge is 0.392 e. The van der Waals surface area contributed by atoms with Gasteiger partial charge in [0.15, 0.2) is 0 Å². The first-order chi connectivity index (χ1) is 10.0. The minimum atomic E-state index is -0.470. The van der Waals surface area contributed by atoms with Crippen LogP contribution in [0.1, 0.15) is 24.8 Å². The van der Waals surface area contributed by atoms with Gasteiger partial charge in [-0.15, -0.1) is 0 Å². The van der Waals surface area contributed by atoms with Crippen molar-refractivity contribution in [3.8, 4) is 0 Å². The molecule has 114 valence electrons. The molecule has 1 fully saturated rings. The van der Waals surface area contributed by atoms with E-state index in [0.717, 1.165) is 31.6 Å². The zero-order chi connectivity index (χ0) is 15.4. The first kappa shape index (κ1) is 15.2. The van der Waals surface area contributed by atoms with Gasteiger partial charge in [0, 0.05) is 42.9 Å². The van der Waals surface area contributed by atoms with Crippen LogP contribution in [0.2, 0.25) is 0 Å². The molecule has 0 aliphatic carbocycles. The van der Waals surface area contributed by atoms with E-state index in [0.29, 0.717) is 17.9 Å². The van der Waals surface area contributed by atoms with Gasteiger partial charge in [-0.25, -0.2) is 0 Å². The molecule has 0 bridgehead atoms. The number of hydrogen-bond acceptors (Lipinski definition) is 5. The van der Waals surface area contributed by atoms with Crippen molar-refractivity contribution in [1.29, 1.82) is 0 Å². The first-order valence-electron chi connectivity index (χ1n) is 6.92. The Morgan fingerprint density at radius 3 is 2.62 bits per heavy atom. The van der Waals surface area contributed by atoms with Crippen LogP contribution in [0.15, 0.2) is 18.2 Å². The van der Waals surface area contributed by atoms with Crippen LogP contribution in [0.25, 0.3) is 0 Å². The lowest BCUT2D eigenvalue weighted by molar-refractivity contribution is -0.384. The lowest BCUT2D eigenvalue weighted by atomic mass is 9.92. The van der Waals surface area contributed by atoms with E-state index in [1.807, 2.05) is 0 Å². The molecule has 3 N–H and O–H groups in total. The third kappa shape index (κ3) is 3.69. The van der Waals surface area contributed by atoms with Crippen molar-refractivity contribution >= 4 is 17.3 Å². The van der Waals surface area contributed by atoms with Crippen molar-refractivity contribution in [3.63, 3.8) is 0 Å². The summed E-state index contributed by atoms with van der Waals surface area (Å²) >= 11 is 0. The number of rotatable bonds is 5. The molecule has 1 saturated heterocycles. The molecule has 1 aliphatic heterocycles. The van der Waals surface area contributed by atoms with Crippen LogP contribution in [-0.4, -0.2) is 29.0 Å². The molecule has 2 rings (SSSR count). The summed E-state index contributed by atoms with van der Waals surface area (Å²) in [6.45, 7) is 1.27. The lowest BCUT2D eigenvalue weighted by Crippen LogP contribution is -2.35. The number of nitrogens with zero attached hydrogens (tertiary/aromatic N) is 2. The summed E-state index contributed by atoms with van der Waals surface area (Å²) in [5, 5.41) is 20.2. The van der Waals surface area contributed by atoms with Gasteiger partial charge in [-0.1, -0.05) is 0 Å². The Kier molecular flexibility index (Phi) is 4.74. The highest BCUT2D eigenvalue weighted by molar-refractivity contribution is 5.74. The molecule has 0 spiro atoms. The van der Waals surface area contributed by atoms with Gasteiger partial charge >= 0.3 is 0 Å². The number of hydrogen-bond donors (Lipinski definition) is 2. The summed E-state index contributed by atoms with van der Waals surface area (Å²) in [7, 11) is 0. The maximum Gasteiger partial charge on any atom is 0.269 e. The maximum absolute atomic E-state index is 10.9. The Morgan fingerprint density at radius 1 is 1.43 bits per heavy atom. The van der Waals surface area contributed by atoms with Crippen LogP contribution >= 0.6 is 0 Å². The minimum Gasteiger partial charge on any atom is -0.392 e. The maximum atomic E-state index is 10.9. The number of nitro groups is 1. The molecule has 1 aliphatic rings. The topological polar surface area (TPSA) is 110 Å². The number of benzene rings is 1. The average molecular weight is 293 g/mol. The normalized spacial score (nSPS) is 16.0. The third-order valence-corrected chi connectivity index (χ3v) is 3.89. The van der Waals surface area contributed by atoms with Crippen molar-refractivity contribution in [2.24, 2.45) is 11.7 Å². The van der Waals surface area contributed by atoms with Crippen LogP contribution in [-0.2, 0) is 11.4 Å². The zero-order valence-corrected chi connectivity index (χ0v) is 11.7. The van der Waals surface area contributed by atoms with Crippen LogP contribution in [0, 0.1) is 16.0 Å². The van der Waals surface area contributed by atoms with Crippen molar-refractivity contribution in [2.75, 3.05) is 18.0 Å². The highest BCUT2D eigenvalue weighted by atomic mass is 16.6. The van der Waals surface area contributed by atoms with Crippen LogP contribution in [0.3, 0.4) is 0 Å². The number of amides is 1. The molecule has 1 heterocycles. The number of carbonyl (C=O) groups excluding carboxylic acids is 1. The van der Waals surface area contributed by atoms with Crippen molar-refractivity contribution in [2.45, 2.75) is 25.9 Å². The Balaban J connectivity index is 2.09. The van der Waals surface area contributed by atoms with E-state index < -0.39 is 4.92 Å². The molecule has 21 heavy (non-hydrogen) atoms. The number of non-ortho nitro benzene ring substituents is 1. The molecule has 1 amide bonds. The minimum absolute atomic E-state index is 0.0218. The van der Waals surface area contributed by atoms with Crippen molar-refractivity contribution in [3.05, 3.63) is 33.9 Å². The number of aliphatic hydroxyl groups is 1. The fourth-order valence-electron chi connectivity index (χ4n) is 2.78. The van der Waals surface area contributed by atoms with Gasteiger partial charge in [0.2, 0.25) is 5.91 Å². The Morgan fingerprint density at radius 2 is 2.10 bits per heavy atom. The van der Waals surface area contributed by atoms with Gasteiger partial charge < -0.3 is 15.7 Å². The SMILES string of the molecule is NC(=O)CC1CCN(c2ccc([N+](=O)[O-])cc2CO)CC1. The van der Waals surface area contributed by atoms with Gasteiger partial charge in [-0.2, -0.15) is 0 Å². The molecule has 0 unspecified atom stereocenters. The van der Waals surface area contributed by atoms with E-state index in [1.165, 1.54) is 12.1 Å². The predicted octanol–water partition coefficient (Wildman–Crippen LogP) is 1.18. The summed E-state index contributed by atoms with van der Waals surface area (Å²) in [6, 6.07) is 4.53. The molecular weight excluding hydrogens is 274 g/mol. The van der Waals surface area contributed by atoms with Gasteiger partial charge in [0.05, 0.1) is 11.5 Å². The first-order valence-corrected chi connectivity index (χ1v) is 6.92. The van der Waals surface area contributed by atoms with E-state index in [1.54, 1.807) is 6.07 Å². The van der Waals surface area contributed by atoms with Crippen LogP contribution in [0.5, 0.6) is 0 Å². The number of anilines is 1. The molecule has 0 radical (unpaired) electrons. The monoisotopic (exact) mass is 293 g/mol. The summed E-state index contributed by atoms with van der Waals surface area (Å²) in [6.07, 6.45) is 2.11. The molecule has 0 atom stereocenters. The lowest BCUT2D eigenvalue weighted by Gasteiger charge is -2.34. The number of nitro benzene ring substituents is 1. The molecular formula is C14H19N3O4. The number of piperidine rings is 1. The van der Waals surface area contributed by atoms with E-state index in [2.05, 4.69) is 4.90 Å². The molecule has 7 nitrogen and oxygen atoms in total. The van der Waals surface area contributed by atoms with E-state index in [-0.39, 0.29) is 18.2 Å². The van der Waals surface area contributed by atoms with Crippen LogP contribution < -0.4 is 10.6 Å². The Labute approximate surface area is 122 Å². The van der Waals surface area contributed by atoms with E-state index in [4.69, 9.17) is 5.73 Å². The molecule has 0 saturated carbocycles. The Hall–Kier alpha value is -2.15. The quantitative estimate of drug-likeness (QED) is 0.625. The van der Waals surface area contributed by atoms with Gasteiger partial charge in [0.1, 0.15) is 0 Å². The second-order valence-electron chi connectivity index (χ2n) is 5.33. The fraction of sp³-hybridized carbons (Fsp3) is 0.500. The third-order valence-electron chi connectivity index (χ3n) is 3.89. The van der Waals surface area contributed by atoms with Crippen molar-refractivity contribution in [1.82, 2.24) is 0 Å². The molecule has 7 heteroatoms. The predicted molar refractivity (Wildman–Crippen MR) is 77.8 cm³/mol. The number of primary amides is 1. The van der Waals surface area contributed by atoms with Crippen molar-refractivity contribution < 1.29 is 14.8 Å². The summed E-state index contributed by atoms with van der Waals surface area (Å²) in [5.74, 6) is 0.0224. The second-order valence-corrected chi connectivity index (χ2v) is 5.33. The number of carbonyl (C=O) groups is 1. The number of aliphatic hydroxyl groups excluding tert-OH is 1. The fourth-order valence-corrected chi connectivity index (χ4v) is 2.78. The van der Waals surface area contributed by atoms with Gasteiger partial charge in [-0.05, 0) is 24.8 Å². The highest BCUT2D eigenvalue weighted by Gasteiger charge is 2.23. The zero-order valence-electron chi connectivity index (χ0n) is 11.7. The average Bonchev–Trinajstić information content (AvgIpc) is 2.46. The summed E-state index contributed by atoms with van der Waals surface area (Å²) in [4.78, 5) is 23.3. The number of nitrogens with two attached hydrogens (primary N) is 1. The summed E-state index contributed by atoms with van der Waals surface area (Å²) < 4.78 is 0. The second kappa shape index (κ2) is 6.53. The van der Waals surface area contributed by atoms with E-state index >= 15 is 0 Å². The standard InChI is InChI=1S/C14H19N3O4/c15-14(19)7-10-3-5-16(6-4-10)13-2-1-12(17(20)21)8-11(13)9-18/h1-2,8,10,18H,3-7,9H2,(H2,15,19). The highest BCUT2D eigenvalue weighted by Crippen LogP contribution is 2.30. The molecule has 1 aromatic rings. The van der Waals surface area contributed by atoms with Gasteiger partial charge in [-0.3, -0.25) is 14.9 Å². The molecule has 0 aromatic heterocycles.